The third-order valence-corrected chi connectivity index (χ3v) is 3.28. The first kappa shape index (κ1) is 15.9. The zero-order valence-corrected chi connectivity index (χ0v) is 13.7. The van der Waals surface area contributed by atoms with Gasteiger partial charge >= 0.3 is 0 Å². The highest BCUT2D eigenvalue weighted by Gasteiger charge is 2.06. The molecule has 2 rings (SSSR count). The van der Waals surface area contributed by atoms with Crippen LogP contribution in [0.5, 0.6) is 11.6 Å². The highest BCUT2D eigenvalue weighted by Crippen LogP contribution is 2.25. The van der Waals surface area contributed by atoms with Crippen LogP contribution in [0.2, 0.25) is 0 Å². The van der Waals surface area contributed by atoms with Gasteiger partial charge in [-0.1, -0.05) is 35.8 Å². The fourth-order valence-electron chi connectivity index (χ4n) is 1.75. The maximum absolute atomic E-state index is 13.7. The lowest BCUT2D eigenvalue weighted by Crippen LogP contribution is -2.18. The fraction of sp³-hybridized carbons (Fsp3) is 0.312. The summed E-state index contributed by atoms with van der Waals surface area (Å²) in [6, 6.07) is 8.32. The predicted molar refractivity (Wildman–Crippen MR) is 85.0 cm³/mol. The van der Waals surface area contributed by atoms with E-state index in [0.717, 1.165) is 18.7 Å². The van der Waals surface area contributed by atoms with E-state index in [9.17, 15) is 4.39 Å². The van der Waals surface area contributed by atoms with Crippen LogP contribution in [0.4, 0.5) is 4.39 Å². The van der Waals surface area contributed by atoms with Crippen molar-refractivity contribution < 1.29 is 9.13 Å². The molecule has 1 heterocycles. The van der Waals surface area contributed by atoms with Gasteiger partial charge in [0, 0.05) is 23.3 Å². The highest BCUT2D eigenvalue weighted by molar-refractivity contribution is 9.10. The van der Waals surface area contributed by atoms with Gasteiger partial charge in [-0.3, -0.25) is 0 Å². The number of pyridine rings is 1. The second kappa shape index (κ2) is 7.52. The Morgan fingerprint density at radius 2 is 2.10 bits per heavy atom. The quantitative estimate of drug-likeness (QED) is 0.829. The van der Waals surface area contributed by atoms with E-state index in [-0.39, 0.29) is 5.75 Å². The Hall–Kier alpha value is -1.46. The van der Waals surface area contributed by atoms with Gasteiger partial charge in [0.1, 0.15) is 0 Å². The van der Waals surface area contributed by atoms with Gasteiger partial charge in [0.15, 0.2) is 11.6 Å². The molecular formula is C16H18BrFN2O. The molecule has 5 heteroatoms. The molecule has 2 aromatic rings. The second-order valence-electron chi connectivity index (χ2n) is 5.21. The van der Waals surface area contributed by atoms with Crippen LogP contribution in [0, 0.1) is 11.7 Å². The minimum absolute atomic E-state index is 0.163. The number of hydrogen-bond acceptors (Lipinski definition) is 3. The van der Waals surface area contributed by atoms with Crippen molar-refractivity contribution in [2.24, 2.45) is 5.92 Å². The van der Waals surface area contributed by atoms with Gasteiger partial charge in [-0.25, -0.2) is 9.37 Å². The topological polar surface area (TPSA) is 34.1 Å². The number of rotatable bonds is 6. The van der Waals surface area contributed by atoms with Gasteiger partial charge in [-0.05, 0) is 36.2 Å². The summed E-state index contributed by atoms with van der Waals surface area (Å²) in [5, 5.41) is 3.34. The van der Waals surface area contributed by atoms with Crippen molar-refractivity contribution in [1.29, 1.82) is 0 Å². The largest absolute Gasteiger partial charge is 0.436 e. The van der Waals surface area contributed by atoms with Crippen molar-refractivity contribution in [2.45, 2.75) is 20.4 Å². The summed E-state index contributed by atoms with van der Waals surface area (Å²) in [6.07, 6.45) is 1.74. The van der Waals surface area contributed by atoms with Crippen LogP contribution in [0.25, 0.3) is 0 Å². The van der Waals surface area contributed by atoms with E-state index in [4.69, 9.17) is 4.74 Å². The summed E-state index contributed by atoms with van der Waals surface area (Å²) in [5.41, 5.74) is 1.07. The standard InChI is InChI=1S/C16H18BrFN2O/c1-11(2)8-19-9-12-3-6-16(20-10-12)21-15-5-4-13(17)7-14(15)18/h3-7,10-11,19H,8-9H2,1-2H3. The van der Waals surface area contributed by atoms with Gasteiger partial charge in [-0.2, -0.15) is 0 Å². The van der Waals surface area contributed by atoms with Crippen LogP contribution >= 0.6 is 15.9 Å². The second-order valence-corrected chi connectivity index (χ2v) is 6.12. The lowest BCUT2D eigenvalue weighted by molar-refractivity contribution is 0.426. The Balaban J connectivity index is 1.95. The van der Waals surface area contributed by atoms with E-state index < -0.39 is 5.82 Å². The first-order valence-corrected chi connectivity index (χ1v) is 7.62. The average molecular weight is 353 g/mol. The van der Waals surface area contributed by atoms with Crippen LogP contribution < -0.4 is 10.1 Å². The van der Waals surface area contributed by atoms with E-state index in [1.54, 1.807) is 24.4 Å². The minimum Gasteiger partial charge on any atom is -0.436 e. The fourth-order valence-corrected chi connectivity index (χ4v) is 2.08. The van der Waals surface area contributed by atoms with Crippen molar-refractivity contribution in [3.63, 3.8) is 0 Å². The van der Waals surface area contributed by atoms with Gasteiger partial charge in [-0.15, -0.1) is 0 Å². The molecule has 0 spiro atoms. The van der Waals surface area contributed by atoms with Crippen molar-refractivity contribution in [2.75, 3.05) is 6.54 Å². The van der Waals surface area contributed by atoms with Crippen molar-refractivity contribution >= 4 is 15.9 Å². The minimum atomic E-state index is -0.422. The first-order chi connectivity index (χ1) is 10.0. The molecule has 0 aliphatic rings. The number of benzene rings is 1. The lowest BCUT2D eigenvalue weighted by Gasteiger charge is -2.09. The predicted octanol–water partition coefficient (Wildman–Crippen LogP) is 4.52. The summed E-state index contributed by atoms with van der Waals surface area (Å²) < 4.78 is 19.8. The monoisotopic (exact) mass is 352 g/mol. The molecule has 1 aromatic heterocycles. The third-order valence-electron chi connectivity index (χ3n) is 2.79. The average Bonchev–Trinajstić information content (AvgIpc) is 2.43. The van der Waals surface area contributed by atoms with Crippen LogP contribution in [0.1, 0.15) is 19.4 Å². The van der Waals surface area contributed by atoms with Crippen LogP contribution in [-0.4, -0.2) is 11.5 Å². The van der Waals surface area contributed by atoms with Crippen LogP contribution in [0.15, 0.2) is 41.0 Å². The SMILES string of the molecule is CC(C)CNCc1ccc(Oc2ccc(Br)cc2F)nc1. The molecule has 0 radical (unpaired) electrons. The molecule has 0 amide bonds. The summed E-state index contributed by atoms with van der Waals surface area (Å²) in [4.78, 5) is 4.19. The van der Waals surface area contributed by atoms with Crippen LogP contribution in [0.3, 0.4) is 0 Å². The molecule has 0 atom stereocenters. The summed E-state index contributed by atoms with van der Waals surface area (Å²) in [7, 11) is 0. The van der Waals surface area contributed by atoms with Crippen molar-refractivity contribution in [1.82, 2.24) is 10.3 Å². The van der Waals surface area contributed by atoms with E-state index in [1.807, 2.05) is 6.07 Å². The molecule has 0 aliphatic heterocycles. The van der Waals surface area contributed by atoms with Crippen molar-refractivity contribution in [3.05, 3.63) is 52.4 Å². The Morgan fingerprint density at radius 1 is 1.29 bits per heavy atom. The van der Waals surface area contributed by atoms with Crippen LogP contribution in [-0.2, 0) is 6.54 Å². The van der Waals surface area contributed by atoms with Gasteiger partial charge in [0.05, 0.1) is 0 Å². The Labute approximate surface area is 132 Å². The number of ether oxygens (including phenoxy) is 1. The molecule has 1 aromatic carbocycles. The van der Waals surface area contributed by atoms with E-state index >= 15 is 0 Å². The zero-order chi connectivity index (χ0) is 15.2. The Morgan fingerprint density at radius 3 is 2.71 bits per heavy atom. The number of nitrogens with zero attached hydrogens (tertiary/aromatic N) is 1. The summed E-state index contributed by atoms with van der Waals surface area (Å²) in [6.45, 7) is 6.05. The molecule has 1 N–H and O–H groups in total. The Bertz CT molecular complexity index is 587. The molecule has 0 saturated heterocycles. The van der Waals surface area contributed by atoms with E-state index in [2.05, 4.69) is 40.1 Å². The molecule has 3 nitrogen and oxygen atoms in total. The van der Waals surface area contributed by atoms with E-state index in [1.165, 1.54) is 6.07 Å². The van der Waals surface area contributed by atoms with E-state index in [0.29, 0.717) is 16.3 Å². The molecule has 0 aliphatic carbocycles. The zero-order valence-electron chi connectivity index (χ0n) is 12.1. The number of nitrogens with one attached hydrogen (secondary N) is 1. The Kier molecular flexibility index (Phi) is 5.70. The number of halogens is 2. The molecule has 21 heavy (non-hydrogen) atoms. The smallest absolute Gasteiger partial charge is 0.219 e. The normalized spacial score (nSPS) is 10.9. The molecular weight excluding hydrogens is 335 g/mol. The lowest BCUT2D eigenvalue weighted by atomic mass is 10.2. The molecule has 0 fully saturated rings. The molecule has 0 saturated carbocycles. The third kappa shape index (κ3) is 5.10. The van der Waals surface area contributed by atoms with Gasteiger partial charge < -0.3 is 10.1 Å². The molecule has 0 bridgehead atoms. The summed E-state index contributed by atoms with van der Waals surface area (Å²) >= 11 is 3.21. The molecule has 112 valence electrons. The van der Waals surface area contributed by atoms with Gasteiger partial charge in [0.2, 0.25) is 5.88 Å². The maximum Gasteiger partial charge on any atom is 0.219 e. The first-order valence-electron chi connectivity index (χ1n) is 6.83. The maximum atomic E-state index is 13.7. The summed E-state index contributed by atoms with van der Waals surface area (Å²) in [5.74, 6) is 0.731. The van der Waals surface area contributed by atoms with Crippen molar-refractivity contribution in [3.8, 4) is 11.6 Å². The highest BCUT2D eigenvalue weighted by atomic mass is 79.9. The number of aromatic nitrogens is 1. The van der Waals surface area contributed by atoms with Gasteiger partial charge in [0.25, 0.3) is 0 Å². The number of hydrogen-bond donors (Lipinski definition) is 1. The molecule has 0 unspecified atom stereocenters.